The van der Waals surface area contributed by atoms with Crippen molar-refractivity contribution in [3.05, 3.63) is 34.5 Å². The fourth-order valence-electron chi connectivity index (χ4n) is 3.05. The van der Waals surface area contributed by atoms with Crippen molar-refractivity contribution in [1.82, 2.24) is 0 Å². The summed E-state index contributed by atoms with van der Waals surface area (Å²) in [6.07, 6.45) is 0. The first-order chi connectivity index (χ1) is 13.1. The van der Waals surface area contributed by atoms with Crippen molar-refractivity contribution < 1.29 is 33.2 Å². The SMILES string of the molecule is COc1c(-c2ccc3c(c2)OCO3)oc2c(OC)c(O)cc(OC)c2c1=O. The predicted octanol–water partition coefficient (Wildman–Crippen LogP) is 2.92. The lowest BCUT2D eigenvalue weighted by molar-refractivity contribution is 0.174. The van der Waals surface area contributed by atoms with Crippen molar-refractivity contribution in [2.75, 3.05) is 28.1 Å². The summed E-state index contributed by atoms with van der Waals surface area (Å²) in [7, 11) is 4.13. The smallest absolute Gasteiger partial charge is 0.239 e. The highest BCUT2D eigenvalue weighted by Gasteiger charge is 2.25. The molecule has 4 rings (SSSR count). The molecule has 1 aliphatic rings. The quantitative estimate of drug-likeness (QED) is 0.747. The summed E-state index contributed by atoms with van der Waals surface area (Å²) in [5, 5.41) is 10.3. The zero-order valence-electron chi connectivity index (χ0n) is 14.8. The summed E-state index contributed by atoms with van der Waals surface area (Å²) in [6, 6.07) is 6.40. The maximum atomic E-state index is 13.1. The molecule has 2 heterocycles. The van der Waals surface area contributed by atoms with Crippen molar-refractivity contribution in [1.29, 1.82) is 0 Å². The second-order valence-electron chi connectivity index (χ2n) is 5.70. The summed E-state index contributed by atoms with van der Waals surface area (Å²) < 4.78 is 32.4. The van der Waals surface area contributed by atoms with Crippen LogP contribution in [0.2, 0.25) is 0 Å². The Kier molecular flexibility index (Phi) is 3.95. The second kappa shape index (κ2) is 6.31. The summed E-state index contributed by atoms with van der Waals surface area (Å²) in [4.78, 5) is 13.1. The molecule has 3 aromatic rings. The Labute approximate surface area is 153 Å². The normalized spacial score (nSPS) is 12.3. The molecule has 1 N–H and O–H groups in total. The number of hydrogen-bond acceptors (Lipinski definition) is 8. The number of ether oxygens (including phenoxy) is 5. The van der Waals surface area contributed by atoms with E-state index in [2.05, 4.69) is 0 Å². The van der Waals surface area contributed by atoms with Crippen molar-refractivity contribution >= 4 is 11.0 Å². The molecule has 0 fully saturated rings. The van der Waals surface area contributed by atoms with Gasteiger partial charge in [0.15, 0.2) is 28.6 Å². The molecule has 8 nitrogen and oxygen atoms in total. The van der Waals surface area contributed by atoms with Crippen molar-refractivity contribution in [3.63, 3.8) is 0 Å². The maximum Gasteiger partial charge on any atom is 0.239 e. The van der Waals surface area contributed by atoms with Gasteiger partial charge in [0.25, 0.3) is 0 Å². The molecule has 2 aromatic carbocycles. The summed E-state index contributed by atoms with van der Waals surface area (Å²) >= 11 is 0. The Morgan fingerprint density at radius 2 is 1.70 bits per heavy atom. The fourth-order valence-corrected chi connectivity index (χ4v) is 3.05. The Morgan fingerprint density at radius 1 is 0.963 bits per heavy atom. The molecule has 0 spiro atoms. The molecule has 0 bridgehead atoms. The van der Waals surface area contributed by atoms with Gasteiger partial charge in [-0.05, 0) is 18.2 Å². The van der Waals surface area contributed by atoms with E-state index in [0.29, 0.717) is 17.1 Å². The van der Waals surface area contributed by atoms with Gasteiger partial charge in [-0.2, -0.15) is 0 Å². The molecule has 0 saturated heterocycles. The van der Waals surface area contributed by atoms with Gasteiger partial charge in [0, 0.05) is 11.6 Å². The Hall–Kier alpha value is -3.55. The molecule has 140 valence electrons. The first-order valence-corrected chi connectivity index (χ1v) is 7.97. The summed E-state index contributed by atoms with van der Waals surface area (Å²) in [6.45, 7) is 0.122. The van der Waals surface area contributed by atoms with E-state index in [4.69, 9.17) is 28.1 Å². The number of phenols is 1. The van der Waals surface area contributed by atoms with Crippen LogP contribution >= 0.6 is 0 Å². The molecular weight excluding hydrogens is 356 g/mol. The Bertz CT molecular complexity index is 1100. The van der Waals surface area contributed by atoms with E-state index in [9.17, 15) is 9.90 Å². The first-order valence-electron chi connectivity index (χ1n) is 7.97. The van der Waals surface area contributed by atoms with Gasteiger partial charge in [-0.1, -0.05) is 0 Å². The third-order valence-electron chi connectivity index (χ3n) is 4.29. The number of methoxy groups -OCH3 is 3. The minimum atomic E-state index is -0.457. The van der Waals surface area contributed by atoms with Crippen LogP contribution in [0.5, 0.6) is 34.5 Å². The van der Waals surface area contributed by atoms with Gasteiger partial charge in [-0.15, -0.1) is 0 Å². The number of hydrogen-bond donors (Lipinski definition) is 1. The average molecular weight is 372 g/mol. The summed E-state index contributed by atoms with van der Waals surface area (Å²) in [5.41, 5.74) is 0.133. The number of fused-ring (bicyclic) bond motifs is 2. The van der Waals surface area contributed by atoms with Gasteiger partial charge >= 0.3 is 0 Å². The van der Waals surface area contributed by atoms with E-state index >= 15 is 0 Å². The van der Waals surface area contributed by atoms with Gasteiger partial charge < -0.3 is 33.2 Å². The third kappa shape index (κ3) is 2.49. The summed E-state index contributed by atoms with van der Waals surface area (Å²) in [5.74, 6) is 1.23. The Morgan fingerprint density at radius 3 is 2.41 bits per heavy atom. The van der Waals surface area contributed by atoms with Crippen LogP contribution in [0.25, 0.3) is 22.3 Å². The van der Waals surface area contributed by atoms with E-state index < -0.39 is 5.43 Å². The highest BCUT2D eigenvalue weighted by atomic mass is 16.7. The number of benzene rings is 2. The lowest BCUT2D eigenvalue weighted by atomic mass is 10.1. The highest BCUT2D eigenvalue weighted by Crippen LogP contribution is 2.44. The molecule has 0 aliphatic carbocycles. The molecule has 0 saturated carbocycles. The molecule has 27 heavy (non-hydrogen) atoms. The highest BCUT2D eigenvalue weighted by molar-refractivity contribution is 5.93. The number of rotatable bonds is 4. The molecule has 1 aromatic heterocycles. The monoisotopic (exact) mass is 372 g/mol. The minimum Gasteiger partial charge on any atom is -0.504 e. The van der Waals surface area contributed by atoms with Crippen LogP contribution in [-0.2, 0) is 0 Å². The third-order valence-corrected chi connectivity index (χ3v) is 4.29. The topological polar surface area (TPSA) is 96.6 Å². The number of phenolic OH excluding ortho intramolecular Hbond substituents is 1. The maximum absolute atomic E-state index is 13.1. The van der Waals surface area contributed by atoms with E-state index in [1.807, 2.05) is 0 Å². The standard InChI is InChI=1S/C19H16O8/c1-22-13-7-10(20)17(23-2)18-14(13)15(21)19(24-3)16(27-18)9-4-5-11-12(6-9)26-8-25-11/h4-7,20H,8H2,1-3H3. The first kappa shape index (κ1) is 16.9. The Balaban J connectivity index is 2.08. The lowest BCUT2D eigenvalue weighted by Crippen LogP contribution is -2.09. The fraction of sp³-hybridized carbons (Fsp3) is 0.211. The van der Waals surface area contributed by atoms with Gasteiger partial charge in [0.2, 0.25) is 23.7 Å². The zero-order chi connectivity index (χ0) is 19.1. The van der Waals surface area contributed by atoms with Gasteiger partial charge in [0.05, 0.1) is 21.3 Å². The van der Waals surface area contributed by atoms with Gasteiger partial charge in [-0.25, -0.2) is 0 Å². The van der Waals surface area contributed by atoms with Crippen LogP contribution in [0.15, 0.2) is 33.5 Å². The van der Waals surface area contributed by atoms with Crippen molar-refractivity contribution in [2.24, 2.45) is 0 Å². The number of aromatic hydroxyl groups is 1. The molecule has 1 aliphatic heterocycles. The van der Waals surface area contributed by atoms with E-state index in [1.165, 1.54) is 27.4 Å². The van der Waals surface area contributed by atoms with E-state index in [1.54, 1.807) is 18.2 Å². The molecular formula is C19H16O8. The van der Waals surface area contributed by atoms with E-state index in [0.717, 1.165) is 0 Å². The van der Waals surface area contributed by atoms with Crippen LogP contribution in [0.1, 0.15) is 0 Å². The van der Waals surface area contributed by atoms with Crippen LogP contribution in [0.4, 0.5) is 0 Å². The van der Waals surface area contributed by atoms with Crippen molar-refractivity contribution in [2.45, 2.75) is 0 Å². The van der Waals surface area contributed by atoms with Gasteiger partial charge in [0.1, 0.15) is 11.1 Å². The largest absolute Gasteiger partial charge is 0.504 e. The van der Waals surface area contributed by atoms with Crippen molar-refractivity contribution in [3.8, 4) is 45.8 Å². The average Bonchev–Trinajstić information content (AvgIpc) is 3.14. The second-order valence-corrected chi connectivity index (χ2v) is 5.70. The molecule has 0 amide bonds. The van der Waals surface area contributed by atoms with Crippen LogP contribution in [0, 0.1) is 0 Å². The molecule has 0 radical (unpaired) electrons. The molecule has 8 heteroatoms. The van der Waals surface area contributed by atoms with Crippen LogP contribution < -0.4 is 29.1 Å². The van der Waals surface area contributed by atoms with Crippen LogP contribution in [-0.4, -0.2) is 33.2 Å². The predicted molar refractivity (Wildman–Crippen MR) is 95.4 cm³/mol. The van der Waals surface area contributed by atoms with Crippen LogP contribution in [0.3, 0.4) is 0 Å². The van der Waals surface area contributed by atoms with Gasteiger partial charge in [-0.3, -0.25) is 4.79 Å². The zero-order valence-corrected chi connectivity index (χ0v) is 14.8. The molecule has 0 unspecified atom stereocenters. The minimum absolute atomic E-state index is 0.00703. The lowest BCUT2D eigenvalue weighted by Gasteiger charge is -2.14. The molecule has 0 atom stereocenters. The van der Waals surface area contributed by atoms with E-state index in [-0.39, 0.29) is 46.5 Å².